The summed E-state index contributed by atoms with van der Waals surface area (Å²) in [6.07, 6.45) is -1.85. The fourth-order valence-electron chi connectivity index (χ4n) is 4.39. The highest BCUT2D eigenvalue weighted by molar-refractivity contribution is 7.38. The summed E-state index contributed by atoms with van der Waals surface area (Å²) in [6, 6.07) is 7.87. The van der Waals surface area contributed by atoms with Crippen LogP contribution in [0.1, 0.15) is 40.7 Å². The highest BCUT2D eigenvalue weighted by Gasteiger charge is 2.36. The lowest BCUT2D eigenvalue weighted by Gasteiger charge is -2.17. The number of carbonyl (C=O) groups excluding carboxylic acids is 1. The van der Waals surface area contributed by atoms with Crippen LogP contribution in [0.3, 0.4) is 0 Å². The number of rotatable bonds is 14. The lowest BCUT2D eigenvalue weighted by molar-refractivity contribution is -0.137. The third kappa shape index (κ3) is 8.33. The van der Waals surface area contributed by atoms with Crippen molar-refractivity contribution in [3.63, 3.8) is 0 Å². The number of hydrogen-bond donors (Lipinski definition) is 4. The van der Waals surface area contributed by atoms with Gasteiger partial charge in [0.25, 0.3) is 5.91 Å². The molecule has 0 aliphatic heterocycles. The monoisotopic (exact) mass is 661 g/mol. The average Bonchev–Trinajstić information content (AvgIpc) is 3.40. The Morgan fingerprint density at radius 1 is 1.13 bits per heavy atom. The van der Waals surface area contributed by atoms with Crippen molar-refractivity contribution in [1.29, 1.82) is 0 Å². The number of nitrogens with zero attached hydrogens (tertiary/aromatic N) is 5. The molecule has 3 heterocycles. The number of aliphatic hydroxyl groups is 1. The maximum Gasteiger partial charge on any atom is 0.512 e. The number of aryl methyl sites for hydroxylation is 2. The molecule has 46 heavy (non-hydrogen) atoms. The number of pyridine rings is 1. The number of nitrogens with one attached hydrogen (secondary N) is 3. The highest BCUT2D eigenvalue weighted by Crippen LogP contribution is 2.37. The predicted molar refractivity (Wildman–Crippen MR) is 165 cm³/mol. The second-order valence-electron chi connectivity index (χ2n) is 9.79. The molecule has 0 saturated carbocycles. The summed E-state index contributed by atoms with van der Waals surface area (Å²) in [6.45, 7) is 4.25. The van der Waals surface area contributed by atoms with Gasteiger partial charge in [-0.05, 0) is 49.1 Å². The van der Waals surface area contributed by atoms with Gasteiger partial charge in [-0.15, -0.1) is 4.52 Å². The minimum atomic E-state index is -4.84. The number of ether oxygens (including phenoxy) is 1. The summed E-state index contributed by atoms with van der Waals surface area (Å²) in [5, 5.41) is 21.5. The van der Waals surface area contributed by atoms with E-state index in [0.29, 0.717) is 59.7 Å². The van der Waals surface area contributed by atoms with Crippen LogP contribution in [0.4, 0.5) is 36.3 Å². The van der Waals surface area contributed by atoms with Gasteiger partial charge in [0.1, 0.15) is 17.1 Å². The Morgan fingerprint density at radius 3 is 2.57 bits per heavy atom. The lowest BCUT2D eigenvalue weighted by atomic mass is 10.1. The predicted octanol–water partition coefficient (Wildman–Crippen LogP) is 5.58. The molecule has 0 spiro atoms. The van der Waals surface area contributed by atoms with Gasteiger partial charge < -0.3 is 25.8 Å². The molecule has 0 aliphatic rings. The maximum atomic E-state index is 14.1. The van der Waals surface area contributed by atoms with Crippen molar-refractivity contribution in [2.45, 2.75) is 39.2 Å². The van der Waals surface area contributed by atoms with Gasteiger partial charge in [0.05, 0.1) is 36.5 Å². The van der Waals surface area contributed by atoms with Crippen LogP contribution in [-0.2, 0) is 28.0 Å². The summed E-state index contributed by atoms with van der Waals surface area (Å²) in [5.74, 6) is -1.15. The standard InChI is InChI=1S/C29H32F3N8O5P/c1-5-45-46(43)16-18-7-8-22(24(13-18)44-4)37-28-34-14-20(29(30,31)32)26(38-28)36-23-10-9-21(35-25(23)27(42)33-3)19-15-40(11-6-12-41)39-17(19)2/h7-10,13-15,41H,5-6,11-12,16H2,1-4H3,(H2-,33,34,36,37,38,42)/p+1. The second-order valence-corrected chi connectivity index (χ2v) is 11.0. The first kappa shape index (κ1) is 34.2. The van der Waals surface area contributed by atoms with Crippen molar-refractivity contribution in [3.8, 4) is 17.0 Å². The molecule has 244 valence electrons. The van der Waals surface area contributed by atoms with E-state index in [1.165, 1.54) is 20.2 Å². The third-order valence-electron chi connectivity index (χ3n) is 6.55. The maximum absolute atomic E-state index is 14.1. The van der Waals surface area contributed by atoms with E-state index in [0.717, 1.165) is 0 Å². The van der Waals surface area contributed by atoms with Crippen molar-refractivity contribution in [2.75, 3.05) is 38.0 Å². The number of alkyl halides is 3. The van der Waals surface area contributed by atoms with E-state index in [2.05, 4.69) is 36.0 Å². The van der Waals surface area contributed by atoms with Crippen LogP contribution >= 0.6 is 8.03 Å². The molecule has 0 fully saturated rings. The van der Waals surface area contributed by atoms with Gasteiger partial charge in [0.2, 0.25) is 12.1 Å². The first-order chi connectivity index (χ1) is 22.0. The van der Waals surface area contributed by atoms with Crippen LogP contribution in [0.15, 0.2) is 42.7 Å². The minimum absolute atomic E-state index is 0.00777. The number of benzene rings is 1. The number of carbonyl (C=O) groups is 1. The van der Waals surface area contributed by atoms with Crippen molar-refractivity contribution in [3.05, 3.63) is 65.2 Å². The van der Waals surface area contributed by atoms with Crippen LogP contribution in [0.2, 0.25) is 0 Å². The summed E-state index contributed by atoms with van der Waals surface area (Å²) in [7, 11) is 0.869. The molecule has 13 nitrogen and oxygen atoms in total. The number of aliphatic hydroxyl groups excluding tert-OH is 1. The zero-order chi connectivity index (χ0) is 33.4. The molecule has 0 radical (unpaired) electrons. The largest absolute Gasteiger partial charge is 0.512 e. The molecule has 0 bridgehead atoms. The molecule has 4 rings (SSSR count). The van der Waals surface area contributed by atoms with Crippen LogP contribution < -0.4 is 20.7 Å². The van der Waals surface area contributed by atoms with E-state index in [4.69, 9.17) is 14.4 Å². The molecule has 4 aromatic rings. The Bertz CT molecular complexity index is 1720. The molecule has 1 unspecified atom stereocenters. The van der Waals surface area contributed by atoms with Gasteiger partial charge in [0, 0.05) is 43.7 Å². The number of amides is 1. The zero-order valence-electron chi connectivity index (χ0n) is 25.5. The Balaban J connectivity index is 1.69. The molecule has 3 aromatic heterocycles. The summed E-state index contributed by atoms with van der Waals surface area (Å²) >= 11 is 0. The van der Waals surface area contributed by atoms with Gasteiger partial charge in [-0.3, -0.25) is 9.48 Å². The van der Waals surface area contributed by atoms with Crippen LogP contribution in [0.25, 0.3) is 11.3 Å². The quantitative estimate of drug-likeness (QED) is 0.125. The van der Waals surface area contributed by atoms with E-state index in [-0.39, 0.29) is 30.1 Å². The molecular formula is C29H33F3N8O5P+. The first-order valence-electron chi connectivity index (χ1n) is 14.1. The van der Waals surface area contributed by atoms with Gasteiger partial charge in [-0.25, -0.2) is 9.97 Å². The van der Waals surface area contributed by atoms with Crippen molar-refractivity contribution < 1.29 is 36.9 Å². The molecule has 17 heteroatoms. The number of anilines is 4. The summed E-state index contributed by atoms with van der Waals surface area (Å²) < 4.78 is 66.4. The molecule has 1 amide bonds. The third-order valence-corrected chi connectivity index (χ3v) is 7.72. The van der Waals surface area contributed by atoms with Gasteiger partial charge in [-0.2, -0.15) is 23.3 Å². The normalized spacial score (nSPS) is 11.7. The van der Waals surface area contributed by atoms with E-state index in [1.54, 1.807) is 49.0 Å². The summed E-state index contributed by atoms with van der Waals surface area (Å²) in [5.41, 5.74) is 1.23. The number of aromatic nitrogens is 5. The Labute approximate surface area is 263 Å². The number of hydrogen-bond acceptors (Lipinski definition) is 11. The number of methoxy groups -OCH3 is 1. The van der Waals surface area contributed by atoms with Gasteiger partial charge in [0.15, 0.2) is 5.69 Å². The Kier molecular flexibility index (Phi) is 11.2. The van der Waals surface area contributed by atoms with Crippen molar-refractivity contribution in [1.82, 2.24) is 30.0 Å². The topological polar surface area (TPSA) is 165 Å². The smallest absolute Gasteiger partial charge is 0.495 e. The van der Waals surface area contributed by atoms with E-state index in [9.17, 15) is 22.5 Å². The van der Waals surface area contributed by atoms with Crippen molar-refractivity contribution in [2.24, 2.45) is 0 Å². The van der Waals surface area contributed by atoms with Crippen LogP contribution in [0.5, 0.6) is 5.75 Å². The van der Waals surface area contributed by atoms with E-state index in [1.807, 2.05) is 0 Å². The highest BCUT2D eigenvalue weighted by atomic mass is 31.1. The molecular weight excluding hydrogens is 628 g/mol. The Hall–Kier alpha value is -4.66. The Morgan fingerprint density at radius 2 is 1.89 bits per heavy atom. The molecule has 1 atom stereocenters. The minimum Gasteiger partial charge on any atom is -0.495 e. The number of halogens is 3. The van der Waals surface area contributed by atoms with Crippen LogP contribution in [-0.4, -0.2) is 63.1 Å². The average molecular weight is 662 g/mol. The summed E-state index contributed by atoms with van der Waals surface area (Å²) in [4.78, 5) is 25.2. The second kappa shape index (κ2) is 15.1. The lowest BCUT2D eigenvalue weighted by Crippen LogP contribution is -2.21. The fourth-order valence-corrected chi connectivity index (χ4v) is 5.26. The van der Waals surface area contributed by atoms with Crippen LogP contribution in [0, 0.1) is 6.92 Å². The van der Waals surface area contributed by atoms with E-state index < -0.39 is 31.5 Å². The molecule has 0 saturated heterocycles. The van der Waals surface area contributed by atoms with Gasteiger partial charge in [-0.1, -0.05) is 6.07 Å². The SMILES string of the molecule is CCO[P+](=O)Cc1ccc(Nc2ncc(C(F)(F)F)c(Nc3ccc(-c4cn(CCCO)nc4C)nc3C(=O)NC)n2)c(OC)c1. The molecule has 0 aliphatic carbocycles. The van der Waals surface area contributed by atoms with Crippen molar-refractivity contribution >= 4 is 37.1 Å². The van der Waals surface area contributed by atoms with Gasteiger partial charge >= 0.3 is 14.2 Å². The first-order valence-corrected chi connectivity index (χ1v) is 15.4. The molecule has 1 aromatic carbocycles. The molecule has 4 N–H and O–H groups in total. The zero-order valence-corrected chi connectivity index (χ0v) is 26.4. The fraction of sp³-hybridized carbons (Fsp3) is 0.345. The van der Waals surface area contributed by atoms with E-state index >= 15 is 0 Å².